The van der Waals surface area contributed by atoms with Crippen molar-refractivity contribution in [2.24, 2.45) is 11.7 Å². The van der Waals surface area contributed by atoms with Crippen molar-refractivity contribution in [3.63, 3.8) is 0 Å². The zero-order valence-electron chi connectivity index (χ0n) is 13.5. The van der Waals surface area contributed by atoms with Gasteiger partial charge in [-0.1, -0.05) is 43.2 Å². The molecule has 1 heterocycles. The van der Waals surface area contributed by atoms with Crippen molar-refractivity contribution in [3.05, 3.63) is 35.9 Å². The van der Waals surface area contributed by atoms with Crippen LogP contribution in [0.5, 0.6) is 0 Å². The number of likely N-dealkylation sites (tertiary alicyclic amines) is 1. The fraction of sp³-hybridized carbons (Fsp3) is 0.556. The van der Waals surface area contributed by atoms with Crippen LogP contribution >= 0.6 is 0 Å². The fourth-order valence-electron chi connectivity index (χ4n) is 3.87. The molecule has 3 amide bonds. The number of hydrogen-bond acceptors (Lipinski definition) is 2. The third-order valence-corrected chi connectivity index (χ3v) is 5.31. The van der Waals surface area contributed by atoms with E-state index < -0.39 is 0 Å². The first kappa shape index (κ1) is 15.8. The molecule has 1 aromatic rings. The molecule has 3 N–H and O–H groups in total. The highest BCUT2D eigenvalue weighted by molar-refractivity contribution is 5.78. The van der Waals surface area contributed by atoms with Crippen molar-refractivity contribution in [2.75, 3.05) is 13.1 Å². The van der Waals surface area contributed by atoms with Gasteiger partial charge in [-0.2, -0.15) is 0 Å². The average Bonchev–Trinajstić information content (AvgIpc) is 3.05. The second kappa shape index (κ2) is 6.60. The lowest BCUT2D eigenvalue weighted by Crippen LogP contribution is -2.52. The van der Waals surface area contributed by atoms with Crippen LogP contribution in [0.15, 0.2) is 30.3 Å². The summed E-state index contributed by atoms with van der Waals surface area (Å²) in [6.07, 6.45) is 5.58. The van der Waals surface area contributed by atoms with Crippen LogP contribution < -0.4 is 11.1 Å². The zero-order chi connectivity index (χ0) is 16.3. The van der Waals surface area contributed by atoms with Crippen molar-refractivity contribution in [2.45, 2.75) is 44.1 Å². The van der Waals surface area contributed by atoms with Gasteiger partial charge < -0.3 is 16.0 Å². The average molecular weight is 315 g/mol. The highest BCUT2D eigenvalue weighted by Crippen LogP contribution is 2.38. The minimum absolute atomic E-state index is 0.0151. The lowest BCUT2D eigenvalue weighted by Gasteiger charge is -2.36. The molecule has 0 spiro atoms. The monoisotopic (exact) mass is 315 g/mol. The van der Waals surface area contributed by atoms with Gasteiger partial charge in [0.05, 0.1) is 5.54 Å². The van der Waals surface area contributed by atoms with E-state index in [-0.39, 0.29) is 23.4 Å². The number of amides is 3. The van der Waals surface area contributed by atoms with E-state index in [1.165, 1.54) is 5.56 Å². The first-order valence-corrected chi connectivity index (χ1v) is 8.53. The molecule has 1 aromatic carbocycles. The Morgan fingerprint density at radius 2 is 1.70 bits per heavy atom. The van der Waals surface area contributed by atoms with Gasteiger partial charge in [-0.25, -0.2) is 4.79 Å². The number of carbonyl (C=O) groups is 2. The van der Waals surface area contributed by atoms with Crippen molar-refractivity contribution in [1.29, 1.82) is 0 Å². The van der Waals surface area contributed by atoms with Crippen LogP contribution in [0.4, 0.5) is 4.79 Å². The Hall–Kier alpha value is -2.04. The highest BCUT2D eigenvalue weighted by atomic mass is 16.2. The molecule has 124 valence electrons. The molecular weight excluding hydrogens is 290 g/mol. The molecule has 1 saturated heterocycles. The molecule has 0 bridgehead atoms. The summed E-state index contributed by atoms with van der Waals surface area (Å²) < 4.78 is 0. The van der Waals surface area contributed by atoms with E-state index in [0.717, 1.165) is 25.7 Å². The minimum Gasteiger partial charge on any atom is -0.369 e. The summed E-state index contributed by atoms with van der Waals surface area (Å²) in [5, 5.41) is 3.29. The van der Waals surface area contributed by atoms with E-state index in [1.54, 1.807) is 0 Å². The summed E-state index contributed by atoms with van der Waals surface area (Å²) in [6.45, 7) is 1.20. The molecule has 0 unspecified atom stereocenters. The molecule has 2 fully saturated rings. The quantitative estimate of drug-likeness (QED) is 0.898. The maximum absolute atomic E-state index is 12.7. The number of nitrogens with zero attached hydrogens (tertiary/aromatic N) is 1. The predicted octanol–water partition coefficient (Wildman–Crippen LogP) is 2.36. The Labute approximate surface area is 137 Å². The molecule has 23 heavy (non-hydrogen) atoms. The second-order valence-electron chi connectivity index (χ2n) is 6.75. The summed E-state index contributed by atoms with van der Waals surface area (Å²) in [5.41, 5.74) is 6.32. The summed E-state index contributed by atoms with van der Waals surface area (Å²) in [4.78, 5) is 25.8. The maximum atomic E-state index is 12.7. The molecular formula is C18H25N3O2. The van der Waals surface area contributed by atoms with Crippen molar-refractivity contribution < 1.29 is 9.59 Å². The normalized spacial score (nSPS) is 21.1. The minimum atomic E-state index is -0.249. The highest BCUT2D eigenvalue weighted by Gasteiger charge is 2.38. The first-order valence-electron chi connectivity index (χ1n) is 8.53. The van der Waals surface area contributed by atoms with Crippen molar-refractivity contribution in [3.8, 4) is 0 Å². The Balaban J connectivity index is 1.67. The van der Waals surface area contributed by atoms with Crippen LogP contribution in [0.1, 0.15) is 44.1 Å². The van der Waals surface area contributed by atoms with Gasteiger partial charge in [0.2, 0.25) is 5.91 Å². The number of rotatable bonds is 3. The van der Waals surface area contributed by atoms with Gasteiger partial charge in [-0.05, 0) is 31.2 Å². The van der Waals surface area contributed by atoms with Crippen molar-refractivity contribution >= 4 is 11.9 Å². The number of hydrogen-bond donors (Lipinski definition) is 2. The Bertz CT molecular complexity index is 559. The number of piperidine rings is 1. The van der Waals surface area contributed by atoms with Gasteiger partial charge >= 0.3 is 6.03 Å². The number of carbonyl (C=O) groups excluding carboxylic acids is 2. The molecule has 1 aliphatic heterocycles. The molecule has 0 atom stereocenters. The van der Waals surface area contributed by atoms with Crippen LogP contribution in [-0.4, -0.2) is 29.9 Å². The number of nitrogens with two attached hydrogens (primary N) is 1. The number of benzene rings is 1. The van der Waals surface area contributed by atoms with Gasteiger partial charge in [0, 0.05) is 19.0 Å². The van der Waals surface area contributed by atoms with Gasteiger partial charge in [0.25, 0.3) is 0 Å². The molecule has 0 radical (unpaired) electrons. The lowest BCUT2D eigenvalue weighted by molar-refractivity contribution is -0.123. The summed E-state index contributed by atoms with van der Waals surface area (Å²) in [5.74, 6) is -0.338. The Kier molecular flexibility index (Phi) is 4.55. The van der Waals surface area contributed by atoms with Gasteiger partial charge in [0.15, 0.2) is 0 Å². The molecule has 1 aliphatic carbocycles. The van der Waals surface area contributed by atoms with Crippen LogP contribution in [0.2, 0.25) is 0 Å². The van der Waals surface area contributed by atoms with Gasteiger partial charge in [0.1, 0.15) is 0 Å². The summed E-state index contributed by atoms with van der Waals surface area (Å²) in [7, 11) is 0. The number of nitrogens with one attached hydrogen (secondary N) is 1. The van der Waals surface area contributed by atoms with E-state index in [0.29, 0.717) is 25.9 Å². The topological polar surface area (TPSA) is 75.4 Å². The number of urea groups is 1. The predicted molar refractivity (Wildman–Crippen MR) is 88.6 cm³/mol. The standard InChI is InChI=1S/C18H25N3O2/c19-16(22)14-8-12-21(13-9-14)17(23)20-18(10-4-5-11-18)15-6-2-1-3-7-15/h1-3,6-7,14H,4-5,8-13H2,(H2,19,22)(H,20,23). The van der Waals surface area contributed by atoms with Gasteiger partial charge in [-0.3, -0.25) is 4.79 Å². The van der Waals surface area contributed by atoms with Crippen LogP contribution in [0.25, 0.3) is 0 Å². The van der Waals surface area contributed by atoms with E-state index in [1.807, 2.05) is 23.1 Å². The van der Waals surface area contributed by atoms with E-state index in [2.05, 4.69) is 17.4 Å². The molecule has 0 aromatic heterocycles. The van der Waals surface area contributed by atoms with E-state index in [9.17, 15) is 9.59 Å². The van der Waals surface area contributed by atoms with E-state index >= 15 is 0 Å². The molecule has 1 saturated carbocycles. The molecule has 3 rings (SSSR count). The zero-order valence-corrected chi connectivity index (χ0v) is 13.5. The van der Waals surface area contributed by atoms with Gasteiger partial charge in [-0.15, -0.1) is 0 Å². The Morgan fingerprint density at radius 1 is 1.09 bits per heavy atom. The van der Waals surface area contributed by atoms with Crippen LogP contribution in [0, 0.1) is 5.92 Å². The first-order chi connectivity index (χ1) is 11.1. The molecule has 2 aliphatic rings. The summed E-state index contributed by atoms with van der Waals surface area (Å²) >= 11 is 0. The SMILES string of the molecule is NC(=O)C1CCN(C(=O)NC2(c3ccccc3)CCCC2)CC1. The van der Waals surface area contributed by atoms with Crippen LogP contribution in [-0.2, 0) is 10.3 Å². The fourth-order valence-corrected chi connectivity index (χ4v) is 3.87. The van der Waals surface area contributed by atoms with E-state index in [4.69, 9.17) is 5.73 Å². The third kappa shape index (κ3) is 3.33. The Morgan fingerprint density at radius 3 is 2.26 bits per heavy atom. The third-order valence-electron chi connectivity index (χ3n) is 5.31. The lowest BCUT2D eigenvalue weighted by atomic mass is 9.88. The molecule has 5 heteroatoms. The van der Waals surface area contributed by atoms with Crippen molar-refractivity contribution in [1.82, 2.24) is 10.2 Å². The second-order valence-corrected chi connectivity index (χ2v) is 6.75. The largest absolute Gasteiger partial charge is 0.369 e. The summed E-state index contributed by atoms with van der Waals surface area (Å²) in [6, 6.07) is 10.2. The van der Waals surface area contributed by atoms with Crippen LogP contribution in [0.3, 0.4) is 0 Å². The maximum Gasteiger partial charge on any atom is 0.318 e. The molecule has 5 nitrogen and oxygen atoms in total. The number of primary amides is 1. The smallest absolute Gasteiger partial charge is 0.318 e.